The fraction of sp³-hybridized carbons (Fsp3) is 0.417. The number of carbonyl (C=O) groups excluding carboxylic acids is 1. The molecule has 0 fully saturated rings. The Morgan fingerprint density at radius 2 is 2.06 bits per heavy atom. The van der Waals surface area contributed by atoms with E-state index in [0.29, 0.717) is 17.3 Å². The van der Waals surface area contributed by atoms with Crippen LogP contribution in [0.5, 0.6) is 5.75 Å². The Kier molecular flexibility index (Phi) is 6.69. The number of rotatable bonds is 7. The third-order valence-corrected chi connectivity index (χ3v) is 3.06. The van der Waals surface area contributed by atoms with E-state index >= 15 is 0 Å². The summed E-state index contributed by atoms with van der Waals surface area (Å²) in [6.07, 6.45) is -0.428. The van der Waals surface area contributed by atoms with Crippen LogP contribution in [0.3, 0.4) is 0 Å². The van der Waals surface area contributed by atoms with E-state index < -0.39 is 6.10 Å². The van der Waals surface area contributed by atoms with Crippen LogP contribution in [0.2, 0.25) is 0 Å². The number of hydrogen-bond acceptors (Lipinski definition) is 5. The van der Waals surface area contributed by atoms with E-state index in [1.165, 1.54) is 11.8 Å². The highest BCUT2D eigenvalue weighted by Crippen LogP contribution is 2.11. The summed E-state index contributed by atoms with van der Waals surface area (Å²) in [6, 6.07) is 8.90. The summed E-state index contributed by atoms with van der Waals surface area (Å²) >= 11 is 1.41. The third-order valence-electron chi connectivity index (χ3n) is 1.95. The first kappa shape index (κ1) is 14.0. The lowest BCUT2D eigenvalue weighted by atomic mass is 10.3. The first-order chi connectivity index (χ1) is 8.22. The second-order valence-corrected chi connectivity index (χ2v) is 4.60. The zero-order valence-corrected chi connectivity index (χ0v) is 10.2. The minimum absolute atomic E-state index is 0.249. The van der Waals surface area contributed by atoms with Crippen LogP contribution in [0.15, 0.2) is 30.3 Å². The molecule has 0 heterocycles. The van der Waals surface area contributed by atoms with Gasteiger partial charge in [-0.15, -0.1) is 0 Å². The lowest BCUT2D eigenvalue weighted by Gasteiger charge is -2.06. The van der Waals surface area contributed by atoms with Gasteiger partial charge in [-0.2, -0.15) is 11.8 Å². The second-order valence-electron chi connectivity index (χ2n) is 3.45. The molecule has 0 radical (unpaired) electrons. The minimum Gasteiger partial charge on any atom is -0.427 e. The molecule has 0 saturated heterocycles. The molecule has 0 aliphatic rings. The number of carbonyl (C=O) groups is 1. The zero-order valence-electron chi connectivity index (χ0n) is 9.41. The van der Waals surface area contributed by atoms with Crippen LogP contribution in [0.4, 0.5) is 0 Å². The Morgan fingerprint density at radius 3 is 2.71 bits per heavy atom. The third kappa shape index (κ3) is 6.31. The van der Waals surface area contributed by atoms with Gasteiger partial charge in [0.05, 0.1) is 19.1 Å². The molecule has 0 aromatic heterocycles. The zero-order chi connectivity index (χ0) is 12.5. The quantitative estimate of drug-likeness (QED) is 0.434. The first-order valence-electron chi connectivity index (χ1n) is 5.34. The molecular formula is C12H16O4S. The van der Waals surface area contributed by atoms with Crippen LogP contribution in [0, 0.1) is 0 Å². The SMILES string of the molecule is O=C(CCSCC(O)CO)Oc1ccccc1. The molecule has 4 nitrogen and oxygen atoms in total. The molecule has 1 aromatic carbocycles. The summed E-state index contributed by atoms with van der Waals surface area (Å²) in [7, 11) is 0. The van der Waals surface area contributed by atoms with Gasteiger partial charge in [-0.1, -0.05) is 18.2 Å². The Morgan fingerprint density at radius 1 is 1.35 bits per heavy atom. The van der Waals surface area contributed by atoms with Gasteiger partial charge in [0.2, 0.25) is 0 Å². The smallest absolute Gasteiger partial charge is 0.312 e. The van der Waals surface area contributed by atoms with Crippen molar-refractivity contribution in [2.45, 2.75) is 12.5 Å². The van der Waals surface area contributed by atoms with Crippen LogP contribution >= 0.6 is 11.8 Å². The highest BCUT2D eigenvalue weighted by molar-refractivity contribution is 7.99. The monoisotopic (exact) mass is 256 g/mol. The maximum atomic E-state index is 11.4. The van der Waals surface area contributed by atoms with Gasteiger partial charge in [-0.3, -0.25) is 4.79 Å². The number of thioether (sulfide) groups is 1. The van der Waals surface area contributed by atoms with Crippen molar-refractivity contribution < 1.29 is 19.7 Å². The van der Waals surface area contributed by atoms with E-state index in [2.05, 4.69) is 0 Å². The fourth-order valence-corrected chi connectivity index (χ4v) is 1.95. The molecule has 2 N–H and O–H groups in total. The van der Waals surface area contributed by atoms with Crippen molar-refractivity contribution in [1.29, 1.82) is 0 Å². The van der Waals surface area contributed by atoms with Gasteiger partial charge in [-0.05, 0) is 12.1 Å². The van der Waals surface area contributed by atoms with Crippen LogP contribution < -0.4 is 4.74 Å². The maximum Gasteiger partial charge on any atom is 0.312 e. The molecule has 0 spiro atoms. The molecular weight excluding hydrogens is 240 g/mol. The molecule has 1 atom stereocenters. The van der Waals surface area contributed by atoms with Crippen molar-refractivity contribution in [3.63, 3.8) is 0 Å². The maximum absolute atomic E-state index is 11.4. The molecule has 17 heavy (non-hydrogen) atoms. The predicted octanol–water partition coefficient (Wildman–Crippen LogP) is 1.07. The Hall–Kier alpha value is -1.04. The summed E-state index contributed by atoms with van der Waals surface area (Å²) in [5, 5.41) is 17.7. The van der Waals surface area contributed by atoms with E-state index in [1.54, 1.807) is 24.3 Å². The molecule has 1 aromatic rings. The van der Waals surface area contributed by atoms with Crippen LogP contribution in [0.25, 0.3) is 0 Å². The number of para-hydroxylation sites is 1. The minimum atomic E-state index is -0.717. The van der Waals surface area contributed by atoms with Crippen molar-refractivity contribution >= 4 is 17.7 Å². The van der Waals surface area contributed by atoms with E-state index in [9.17, 15) is 4.79 Å². The van der Waals surface area contributed by atoms with Gasteiger partial charge < -0.3 is 14.9 Å². The van der Waals surface area contributed by atoms with Crippen molar-refractivity contribution in [2.75, 3.05) is 18.1 Å². The number of hydrogen-bond donors (Lipinski definition) is 2. The predicted molar refractivity (Wildman–Crippen MR) is 67.1 cm³/mol. The van der Waals surface area contributed by atoms with Crippen LogP contribution in [0.1, 0.15) is 6.42 Å². The molecule has 5 heteroatoms. The molecule has 0 aliphatic carbocycles. The van der Waals surface area contributed by atoms with E-state index in [-0.39, 0.29) is 19.0 Å². The van der Waals surface area contributed by atoms with E-state index in [4.69, 9.17) is 14.9 Å². The van der Waals surface area contributed by atoms with Crippen molar-refractivity contribution in [3.05, 3.63) is 30.3 Å². The number of aliphatic hydroxyl groups excluding tert-OH is 2. The highest BCUT2D eigenvalue weighted by atomic mass is 32.2. The van der Waals surface area contributed by atoms with Crippen molar-refractivity contribution in [3.8, 4) is 5.75 Å². The summed E-state index contributed by atoms with van der Waals surface area (Å²) in [4.78, 5) is 11.4. The van der Waals surface area contributed by atoms with E-state index in [1.807, 2.05) is 6.07 Å². The fourth-order valence-electron chi connectivity index (χ4n) is 1.10. The average Bonchev–Trinajstić information content (AvgIpc) is 2.35. The summed E-state index contributed by atoms with van der Waals surface area (Å²) in [5.74, 6) is 1.25. The average molecular weight is 256 g/mol. The van der Waals surface area contributed by atoms with Crippen molar-refractivity contribution in [1.82, 2.24) is 0 Å². The molecule has 1 rings (SSSR count). The van der Waals surface area contributed by atoms with Gasteiger partial charge in [0.25, 0.3) is 0 Å². The van der Waals surface area contributed by atoms with Gasteiger partial charge in [-0.25, -0.2) is 0 Å². The largest absolute Gasteiger partial charge is 0.427 e. The van der Waals surface area contributed by atoms with Gasteiger partial charge in [0, 0.05) is 11.5 Å². The lowest BCUT2D eigenvalue weighted by molar-refractivity contribution is -0.133. The van der Waals surface area contributed by atoms with Crippen LogP contribution in [-0.4, -0.2) is 40.4 Å². The van der Waals surface area contributed by atoms with Crippen molar-refractivity contribution in [2.24, 2.45) is 0 Å². The molecule has 0 bridgehead atoms. The number of ether oxygens (including phenoxy) is 1. The Balaban J connectivity index is 2.14. The number of aliphatic hydroxyl groups is 2. The summed E-state index contributed by atoms with van der Waals surface area (Å²) in [5.41, 5.74) is 0. The molecule has 0 saturated carbocycles. The molecule has 1 unspecified atom stereocenters. The lowest BCUT2D eigenvalue weighted by Crippen LogP contribution is -2.16. The highest BCUT2D eigenvalue weighted by Gasteiger charge is 2.06. The molecule has 94 valence electrons. The first-order valence-corrected chi connectivity index (χ1v) is 6.50. The number of esters is 1. The topological polar surface area (TPSA) is 66.8 Å². The molecule has 0 amide bonds. The van der Waals surface area contributed by atoms with E-state index in [0.717, 1.165) is 0 Å². The Labute approximate surface area is 105 Å². The number of benzene rings is 1. The van der Waals surface area contributed by atoms with Gasteiger partial charge in [0.1, 0.15) is 5.75 Å². The second kappa shape index (κ2) is 8.11. The molecule has 0 aliphatic heterocycles. The Bertz CT molecular complexity index is 329. The van der Waals surface area contributed by atoms with Crippen LogP contribution in [-0.2, 0) is 4.79 Å². The standard InChI is InChI=1S/C12H16O4S/c13-8-10(14)9-17-7-6-12(15)16-11-4-2-1-3-5-11/h1-5,10,13-14H,6-9H2. The van der Waals surface area contributed by atoms with Gasteiger partial charge in [0.15, 0.2) is 0 Å². The van der Waals surface area contributed by atoms with Gasteiger partial charge >= 0.3 is 5.97 Å². The summed E-state index contributed by atoms with van der Waals surface area (Å²) < 4.78 is 5.08. The summed E-state index contributed by atoms with van der Waals surface area (Å²) in [6.45, 7) is -0.249. The normalized spacial score (nSPS) is 12.1.